The van der Waals surface area contributed by atoms with Crippen molar-refractivity contribution in [1.82, 2.24) is 10.2 Å². The molecule has 27 heavy (non-hydrogen) atoms. The number of hydrogen-bond donors (Lipinski definition) is 1. The number of rotatable bonds is 5. The van der Waals surface area contributed by atoms with E-state index < -0.39 is 29.5 Å². The molecular formula is C21H30N2O4. The molecule has 1 heterocycles. The van der Waals surface area contributed by atoms with E-state index in [1.165, 1.54) is 6.92 Å². The molecule has 0 aromatic heterocycles. The van der Waals surface area contributed by atoms with E-state index in [4.69, 9.17) is 4.74 Å². The molecule has 3 amide bonds. The van der Waals surface area contributed by atoms with Crippen LogP contribution in [0.5, 0.6) is 0 Å². The number of amides is 3. The predicted molar refractivity (Wildman–Crippen MR) is 103 cm³/mol. The fourth-order valence-electron chi connectivity index (χ4n) is 2.99. The van der Waals surface area contributed by atoms with E-state index in [-0.39, 0.29) is 17.9 Å². The molecule has 0 saturated carbocycles. The third kappa shape index (κ3) is 4.15. The Morgan fingerprint density at radius 2 is 1.70 bits per heavy atom. The van der Waals surface area contributed by atoms with Crippen molar-refractivity contribution in [2.45, 2.75) is 65.5 Å². The summed E-state index contributed by atoms with van der Waals surface area (Å²) in [6, 6.07) is 6.06. The predicted octanol–water partition coefficient (Wildman–Crippen LogP) is 3.34. The SMILES string of the molecule is CC(C)COC(=O)C(C)N1C(=O)NC(C)(c2ccc(C(C)(C)C)cc2)C1=O. The van der Waals surface area contributed by atoms with Gasteiger partial charge in [0.1, 0.15) is 11.6 Å². The van der Waals surface area contributed by atoms with Crippen molar-refractivity contribution < 1.29 is 19.1 Å². The van der Waals surface area contributed by atoms with Crippen LogP contribution in [-0.2, 0) is 25.3 Å². The number of benzene rings is 1. The molecule has 1 saturated heterocycles. The van der Waals surface area contributed by atoms with Crippen molar-refractivity contribution in [3.05, 3.63) is 35.4 Å². The normalized spacial score (nSPS) is 21.4. The van der Waals surface area contributed by atoms with Gasteiger partial charge in [-0.25, -0.2) is 14.5 Å². The molecule has 2 atom stereocenters. The van der Waals surface area contributed by atoms with Crippen molar-refractivity contribution in [2.75, 3.05) is 6.61 Å². The second-order valence-corrected chi connectivity index (χ2v) is 8.76. The summed E-state index contributed by atoms with van der Waals surface area (Å²) in [7, 11) is 0. The molecule has 1 N–H and O–H groups in total. The van der Waals surface area contributed by atoms with Crippen molar-refractivity contribution in [2.24, 2.45) is 5.92 Å². The number of carbonyl (C=O) groups excluding carboxylic acids is 3. The third-order valence-electron chi connectivity index (χ3n) is 4.84. The summed E-state index contributed by atoms with van der Waals surface area (Å²) in [5, 5.41) is 2.73. The van der Waals surface area contributed by atoms with E-state index in [1.54, 1.807) is 6.92 Å². The number of imide groups is 1. The van der Waals surface area contributed by atoms with Crippen LogP contribution in [-0.4, -0.2) is 35.5 Å². The average molecular weight is 374 g/mol. The smallest absolute Gasteiger partial charge is 0.329 e. The maximum Gasteiger partial charge on any atom is 0.329 e. The summed E-state index contributed by atoms with van der Waals surface area (Å²) < 4.78 is 5.19. The van der Waals surface area contributed by atoms with Crippen LogP contribution in [0.1, 0.15) is 59.6 Å². The summed E-state index contributed by atoms with van der Waals surface area (Å²) in [4.78, 5) is 38.7. The van der Waals surface area contributed by atoms with Gasteiger partial charge in [0.2, 0.25) is 0 Å². The first-order chi connectivity index (χ1) is 12.4. The first-order valence-corrected chi connectivity index (χ1v) is 9.31. The van der Waals surface area contributed by atoms with Crippen LogP contribution in [0.15, 0.2) is 24.3 Å². The van der Waals surface area contributed by atoms with Gasteiger partial charge in [0, 0.05) is 0 Å². The van der Waals surface area contributed by atoms with Gasteiger partial charge in [-0.3, -0.25) is 4.79 Å². The molecule has 1 aliphatic rings. The number of nitrogens with one attached hydrogen (secondary N) is 1. The molecule has 148 valence electrons. The molecule has 6 nitrogen and oxygen atoms in total. The lowest BCUT2D eigenvalue weighted by molar-refractivity contribution is -0.153. The Kier molecular flexibility index (Phi) is 5.68. The summed E-state index contributed by atoms with van der Waals surface area (Å²) in [5.74, 6) is -0.861. The molecule has 1 aromatic carbocycles. The number of urea groups is 1. The quantitative estimate of drug-likeness (QED) is 0.633. The lowest BCUT2D eigenvalue weighted by Gasteiger charge is -2.25. The minimum absolute atomic E-state index is 0.0108. The Hall–Kier alpha value is -2.37. The lowest BCUT2D eigenvalue weighted by Crippen LogP contribution is -2.46. The number of carbonyl (C=O) groups is 3. The third-order valence-corrected chi connectivity index (χ3v) is 4.84. The zero-order valence-corrected chi connectivity index (χ0v) is 17.3. The summed E-state index contributed by atoms with van der Waals surface area (Å²) in [6.45, 7) is 13.6. The minimum Gasteiger partial charge on any atom is -0.464 e. The topological polar surface area (TPSA) is 75.7 Å². The second kappa shape index (κ2) is 7.33. The number of hydrogen-bond acceptors (Lipinski definition) is 4. The highest BCUT2D eigenvalue weighted by Crippen LogP contribution is 2.32. The van der Waals surface area contributed by atoms with E-state index in [0.717, 1.165) is 10.5 Å². The van der Waals surface area contributed by atoms with Crippen LogP contribution in [0, 0.1) is 5.92 Å². The second-order valence-electron chi connectivity index (χ2n) is 8.76. The number of esters is 1. The van der Waals surface area contributed by atoms with E-state index in [0.29, 0.717) is 5.56 Å². The molecule has 0 bridgehead atoms. The van der Waals surface area contributed by atoms with Crippen molar-refractivity contribution in [3.63, 3.8) is 0 Å². The Morgan fingerprint density at radius 1 is 1.15 bits per heavy atom. The maximum atomic E-state index is 13.0. The van der Waals surface area contributed by atoms with E-state index in [9.17, 15) is 14.4 Å². The average Bonchev–Trinajstić information content (AvgIpc) is 2.81. The highest BCUT2D eigenvalue weighted by Gasteiger charge is 2.52. The van der Waals surface area contributed by atoms with Gasteiger partial charge in [0.15, 0.2) is 0 Å². The Labute approximate surface area is 161 Å². The first-order valence-electron chi connectivity index (χ1n) is 9.31. The van der Waals surface area contributed by atoms with E-state index in [2.05, 4.69) is 26.1 Å². The molecule has 2 unspecified atom stereocenters. The highest BCUT2D eigenvalue weighted by molar-refractivity contribution is 6.09. The largest absolute Gasteiger partial charge is 0.464 e. The van der Waals surface area contributed by atoms with Crippen LogP contribution >= 0.6 is 0 Å². The molecule has 0 spiro atoms. The standard InChI is InChI=1S/C21H30N2O4/c1-13(2)12-27-17(24)14(3)23-18(25)21(7,22-19(23)26)16-10-8-15(9-11-16)20(4,5)6/h8-11,13-14H,12H2,1-7H3,(H,22,26). The molecule has 1 fully saturated rings. The van der Waals surface area contributed by atoms with Crippen LogP contribution in [0.25, 0.3) is 0 Å². The Morgan fingerprint density at radius 3 is 2.19 bits per heavy atom. The number of nitrogens with zero attached hydrogens (tertiary/aromatic N) is 1. The molecule has 0 aliphatic carbocycles. The summed E-state index contributed by atoms with van der Waals surface area (Å²) in [6.07, 6.45) is 0. The van der Waals surface area contributed by atoms with Gasteiger partial charge in [-0.1, -0.05) is 58.9 Å². The molecule has 1 aliphatic heterocycles. The van der Waals surface area contributed by atoms with Gasteiger partial charge >= 0.3 is 12.0 Å². The van der Waals surface area contributed by atoms with Gasteiger partial charge in [0.05, 0.1) is 6.61 Å². The maximum absolute atomic E-state index is 13.0. The van der Waals surface area contributed by atoms with Crippen LogP contribution in [0.2, 0.25) is 0 Å². The van der Waals surface area contributed by atoms with Crippen molar-refractivity contribution in [1.29, 1.82) is 0 Å². The molecule has 2 rings (SSSR count). The molecule has 6 heteroatoms. The van der Waals surface area contributed by atoms with Crippen LogP contribution in [0.4, 0.5) is 4.79 Å². The molecule has 0 radical (unpaired) electrons. The monoisotopic (exact) mass is 374 g/mol. The minimum atomic E-state index is -1.21. The van der Waals surface area contributed by atoms with E-state index in [1.807, 2.05) is 38.1 Å². The number of ether oxygens (including phenoxy) is 1. The summed E-state index contributed by atoms with van der Waals surface area (Å²) in [5.41, 5.74) is 0.594. The van der Waals surface area contributed by atoms with Gasteiger partial charge in [-0.05, 0) is 36.3 Å². The van der Waals surface area contributed by atoms with Gasteiger partial charge in [-0.15, -0.1) is 0 Å². The first kappa shape index (κ1) is 20.9. The molecule has 1 aromatic rings. The summed E-state index contributed by atoms with van der Waals surface area (Å²) >= 11 is 0. The highest BCUT2D eigenvalue weighted by atomic mass is 16.5. The van der Waals surface area contributed by atoms with Crippen molar-refractivity contribution >= 4 is 17.9 Å². The Balaban J connectivity index is 2.24. The Bertz CT molecular complexity index is 734. The van der Waals surface area contributed by atoms with Crippen LogP contribution in [0.3, 0.4) is 0 Å². The van der Waals surface area contributed by atoms with Gasteiger partial charge < -0.3 is 10.1 Å². The van der Waals surface area contributed by atoms with Crippen molar-refractivity contribution in [3.8, 4) is 0 Å². The van der Waals surface area contributed by atoms with Crippen LogP contribution < -0.4 is 5.32 Å². The van der Waals surface area contributed by atoms with Gasteiger partial charge in [-0.2, -0.15) is 0 Å². The fourth-order valence-corrected chi connectivity index (χ4v) is 2.99. The van der Waals surface area contributed by atoms with E-state index >= 15 is 0 Å². The zero-order chi connectivity index (χ0) is 20.6. The molecular weight excluding hydrogens is 344 g/mol. The van der Waals surface area contributed by atoms with Gasteiger partial charge in [0.25, 0.3) is 5.91 Å². The zero-order valence-electron chi connectivity index (χ0n) is 17.3. The fraction of sp³-hybridized carbons (Fsp3) is 0.571. The lowest BCUT2D eigenvalue weighted by atomic mass is 9.84.